The summed E-state index contributed by atoms with van der Waals surface area (Å²) in [6, 6.07) is 5.12. The summed E-state index contributed by atoms with van der Waals surface area (Å²) >= 11 is 0. The Bertz CT molecular complexity index is 454. The van der Waals surface area contributed by atoms with Crippen LogP contribution in [-0.4, -0.2) is 41.9 Å². The fourth-order valence-electron chi connectivity index (χ4n) is 2.30. The van der Waals surface area contributed by atoms with E-state index in [4.69, 9.17) is 9.84 Å². The van der Waals surface area contributed by atoms with Gasteiger partial charge in [0, 0.05) is 19.7 Å². The number of carboxylic acid groups (broad SMARTS) is 1. The van der Waals surface area contributed by atoms with Crippen molar-refractivity contribution in [2.24, 2.45) is 5.92 Å². The first-order valence-electron chi connectivity index (χ1n) is 7.13. The van der Waals surface area contributed by atoms with Crippen molar-refractivity contribution in [3.8, 4) is 0 Å². The van der Waals surface area contributed by atoms with E-state index in [-0.39, 0.29) is 5.69 Å². The number of anilines is 1. The molecule has 5 heteroatoms. The zero-order valence-corrected chi connectivity index (χ0v) is 12.1. The average molecular weight is 278 g/mol. The minimum Gasteiger partial charge on any atom is -0.477 e. The van der Waals surface area contributed by atoms with Gasteiger partial charge in [0.05, 0.1) is 6.10 Å². The third kappa shape index (κ3) is 3.93. The van der Waals surface area contributed by atoms with E-state index in [2.05, 4.69) is 23.7 Å². The molecule has 0 amide bonds. The van der Waals surface area contributed by atoms with Crippen molar-refractivity contribution in [3.63, 3.8) is 0 Å². The predicted octanol–water partition coefficient (Wildman–Crippen LogP) is 2.42. The van der Waals surface area contributed by atoms with Crippen molar-refractivity contribution in [2.45, 2.75) is 32.8 Å². The largest absolute Gasteiger partial charge is 0.477 e. The molecule has 1 aromatic rings. The molecule has 0 atom stereocenters. The Morgan fingerprint density at radius 3 is 2.75 bits per heavy atom. The predicted molar refractivity (Wildman–Crippen MR) is 77.2 cm³/mol. The second kappa shape index (κ2) is 6.70. The maximum absolute atomic E-state index is 10.9. The van der Waals surface area contributed by atoms with Gasteiger partial charge in [-0.1, -0.05) is 19.9 Å². The number of hydrogen-bond donors (Lipinski definition) is 1. The first-order chi connectivity index (χ1) is 9.56. The van der Waals surface area contributed by atoms with Crippen LogP contribution in [0.4, 0.5) is 5.82 Å². The lowest BCUT2D eigenvalue weighted by Crippen LogP contribution is -2.38. The monoisotopic (exact) mass is 278 g/mol. The standard InChI is InChI=1S/C15H22N2O3/c1-11(2)10-20-12-6-8-17(9-7-12)14-5-3-4-13(16-14)15(18)19/h3-5,11-12H,6-10H2,1-2H3,(H,18,19). The van der Waals surface area contributed by atoms with Crippen LogP contribution in [0, 0.1) is 5.92 Å². The Kier molecular flexibility index (Phi) is 4.95. The minimum atomic E-state index is -0.984. The van der Waals surface area contributed by atoms with Gasteiger partial charge in [-0.3, -0.25) is 0 Å². The van der Waals surface area contributed by atoms with Crippen LogP contribution in [0.3, 0.4) is 0 Å². The van der Waals surface area contributed by atoms with E-state index in [9.17, 15) is 4.79 Å². The van der Waals surface area contributed by atoms with E-state index in [1.807, 2.05) is 6.07 Å². The van der Waals surface area contributed by atoms with Crippen molar-refractivity contribution >= 4 is 11.8 Å². The number of aromatic carboxylic acids is 1. The zero-order chi connectivity index (χ0) is 14.5. The van der Waals surface area contributed by atoms with E-state index in [0.717, 1.165) is 38.4 Å². The summed E-state index contributed by atoms with van der Waals surface area (Å²) in [5.41, 5.74) is 0.0979. The van der Waals surface area contributed by atoms with Crippen LogP contribution in [0.25, 0.3) is 0 Å². The number of aromatic nitrogens is 1. The van der Waals surface area contributed by atoms with Crippen LogP contribution < -0.4 is 4.90 Å². The molecule has 5 nitrogen and oxygen atoms in total. The van der Waals surface area contributed by atoms with E-state index in [0.29, 0.717) is 12.0 Å². The SMILES string of the molecule is CC(C)COC1CCN(c2cccc(C(=O)O)n2)CC1. The smallest absolute Gasteiger partial charge is 0.354 e. The molecular formula is C15H22N2O3. The maximum atomic E-state index is 10.9. The first kappa shape index (κ1) is 14.8. The molecule has 0 saturated carbocycles. The molecular weight excluding hydrogens is 256 g/mol. The average Bonchev–Trinajstić information content (AvgIpc) is 2.46. The molecule has 0 unspecified atom stereocenters. The molecule has 1 aliphatic rings. The van der Waals surface area contributed by atoms with Crippen molar-refractivity contribution in [2.75, 3.05) is 24.6 Å². The van der Waals surface area contributed by atoms with Gasteiger partial charge in [-0.15, -0.1) is 0 Å². The summed E-state index contributed by atoms with van der Waals surface area (Å²) in [5.74, 6) is 0.316. The molecule has 20 heavy (non-hydrogen) atoms. The summed E-state index contributed by atoms with van der Waals surface area (Å²) in [7, 11) is 0. The minimum absolute atomic E-state index is 0.0979. The third-order valence-electron chi connectivity index (χ3n) is 3.38. The normalized spacial score (nSPS) is 16.6. The van der Waals surface area contributed by atoms with Crippen LogP contribution in [-0.2, 0) is 4.74 Å². The quantitative estimate of drug-likeness (QED) is 0.896. The van der Waals surface area contributed by atoms with Crippen LogP contribution in [0.1, 0.15) is 37.2 Å². The third-order valence-corrected chi connectivity index (χ3v) is 3.38. The molecule has 0 aliphatic carbocycles. The number of pyridine rings is 1. The number of nitrogens with zero attached hydrogens (tertiary/aromatic N) is 2. The molecule has 0 bridgehead atoms. The lowest BCUT2D eigenvalue weighted by Gasteiger charge is -2.33. The highest BCUT2D eigenvalue weighted by atomic mass is 16.5. The Labute approximate surface area is 119 Å². The Balaban J connectivity index is 1.90. The van der Waals surface area contributed by atoms with Gasteiger partial charge in [-0.05, 0) is 30.9 Å². The lowest BCUT2D eigenvalue weighted by atomic mass is 10.1. The molecule has 1 fully saturated rings. The Morgan fingerprint density at radius 1 is 1.45 bits per heavy atom. The number of carbonyl (C=O) groups is 1. The van der Waals surface area contributed by atoms with Gasteiger partial charge < -0.3 is 14.7 Å². The van der Waals surface area contributed by atoms with Crippen molar-refractivity contribution in [1.82, 2.24) is 4.98 Å². The first-order valence-corrected chi connectivity index (χ1v) is 7.13. The number of hydrogen-bond acceptors (Lipinski definition) is 4. The molecule has 2 rings (SSSR count). The molecule has 1 saturated heterocycles. The fraction of sp³-hybridized carbons (Fsp3) is 0.600. The zero-order valence-electron chi connectivity index (χ0n) is 12.1. The molecule has 110 valence electrons. The topological polar surface area (TPSA) is 62.7 Å². The molecule has 1 aliphatic heterocycles. The van der Waals surface area contributed by atoms with Gasteiger partial charge in [0.2, 0.25) is 0 Å². The molecule has 0 spiro atoms. The molecule has 2 heterocycles. The van der Waals surface area contributed by atoms with Crippen LogP contribution in [0.15, 0.2) is 18.2 Å². The van der Waals surface area contributed by atoms with E-state index in [1.54, 1.807) is 6.07 Å². The summed E-state index contributed by atoms with van der Waals surface area (Å²) in [6.07, 6.45) is 2.24. The molecule has 1 aromatic heterocycles. The number of rotatable bonds is 5. The second-order valence-electron chi connectivity index (χ2n) is 5.60. The molecule has 0 aromatic carbocycles. The Morgan fingerprint density at radius 2 is 2.15 bits per heavy atom. The van der Waals surface area contributed by atoms with Gasteiger partial charge in [0.15, 0.2) is 5.69 Å². The number of ether oxygens (including phenoxy) is 1. The van der Waals surface area contributed by atoms with Crippen LogP contribution in [0.5, 0.6) is 0 Å². The van der Waals surface area contributed by atoms with Gasteiger partial charge in [0.25, 0.3) is 0 Å². The second-order valence-corrected chi connectivity index (χ2v) is 5.60. The highest BCUT2D eigenvalue weighted by Crippen LogP contribution is 2.20. The van der Waals surface area contributed by atoms with E-state index in [1.165, 1.54) is 6.07 Å². The summed E-state index contributed by atoms with van der Waals surface area (Å²) in [6.45, 7) is 6.82. The highest BCUT2D eigenvalue weighted by Gasteiger charge is 2.21. The maximum Gasteiger partial charge on any atom is 0.354 e. The van der Waals surface area contributed by atoms with Gasteiger partial charge in [-0.2, -0.15) is 0 Å². The molecule has 0 radical (unpaired) electrons. The van der Waals surface area contributed by atoms with E-state index >= 15 is 0 Å². The number of piperidine rings is 1. The Hall–Kier alpha value is -1.62. The van der Waals surface area contributed by atoms with Crippen LogP contribution >= 0.6 is 0 Å². The van der Waals surface area contributed by atoms with Crippen LogP contribution in [0.2, 0.25) is 0 Å². The van der Waals surface area contributed by atoms with Crippen molar-refractivity contribution < 1.29 is 14.6 Å². The van der Waals surface area contributed by atoms with E-state index < -0.39 is 5.97 Å². The highest BCUT2D eigenvalue weighted by molar-refractivity contribution is 5.85. The number of carboxylic acids is 1. The van der Waals surface area contributed by atoms with Crippen molar-refractivity contribution in [1.29, 1.82) is 0 Å². The van der Waals surface area contributed by atoms with Crippen molar-refractivity contribution in [3.05, 3.63) is 23.9 Å². The molecule has 1 N–H and O–H groups in total. The lowest BCUT2D eigenvalue weighted by molar-refractivity contribution is 0.0214. The summed E-state index contributed by atoms with van der Waals surface area (Å²) in [5, 5.41) is 8.97. The fourth-order valence-corrected chi connectivity index (χ4v) is 2.30. The summed E-state index contributed by atoms with van der Waals surface area (Å²) in [4.78, 5) is 17.2. The van der Waals surface area contributed by atoms with Gasteiger partial charge >= 0.3 is 5.97 Å². The van der Waals surface area contributed by atoms with Gasteiger partial charge in [-0.25, -0.2) is 9.78 Å². The summed E-state index contributed by atoms with van der Waals surface area (Å²) < 4.78 is 5.85. The van der Waals surface area contributed by atoms with Gasteiger partial charge in [0.1, 0.15) is 5.82 Å².